The van der Waals surface area contributed by atoms with Crippen molar-refractivity contribution in [2.75, 3.05) is 0 Å². The summed E-state index contributed by atoms with van der Waals surface area (Å²) in [6.45, 7) is 4.12. The molecule has 0 radical (unpaired) electrons. The zero-order chi connectivity index (χ0) is 11.4. The number of carbonyl (C=O) groups excluding carboxylic acids is 1. The van der Waals surface area contributed by atoms with Gasteiger partial charge in [-0.1, -0.05) is 38.1 Å². The number of rotatable bonds is 4. The van der Waals surface area contributed by atoms with Crippen LogP contribution in [0.4, 0.5) is 8.78 Å². The summed E-state index contributed by atoms with van der Waals surface area (Å²) in [6, 6.07) is 6.42. The number of carbonyl (C=O) groups is 1. The van der Waals surface area contributed by atoms with Gasteiger partial charge in [-0.25, -0.2) is 8.78 Å². The Morgan fingerprint density at radius 3 is 2.20 bits per heavy atom. The molecule has 0 aliphatic carbocycles. The van der Waals surface area contributed by atoms with E-state index in [1.54, 1.807) is 12.1 Å². The molecule has 0 saturated heterocycles. The Labute approximate surface area is 88.1 Å². The zero-order valence-electron chi connectivity index (χ0n) is 8.84. The molecule has 1 atom stereocenters. The van der Waals surface area contributed by atoms with Crippen LogP contribution in [0.2, 0.25) is 0 Å². The summed E-state index contributed by atoms with van der Waals surface area (Å²) in [6.07, 6.45) is -1.93. The zero-order valence-corrected chi connectivity index (χ0v) is 8.84. The highest BCUT2D eigenvalue weighted by Gasteiger charge is 2.17. The molecule has 1 nitrogen and oxygen atoms in total. The van der Waals surface area contributed by atoms with Gasteiger partial charge >= 0.3 is 6.43 Å². The summed E-state index contributed by atoms with van der Waals surface area (Å²) in [5.74, 6) is -0.716. The van der Waals surface area contributed by atoms with Gasteiger partial charge in [0.15, 0.2) is 0 Å². The molecule has 3 heteroatoms. The highest BCUT2D eigenvalue weighted by atomic mass is 19.3. The van der Waals surface area contributed by atoms with Crippen LogP contribution in [0.5, 0.6) is 0 Å². The maximum absolute atomic E-state index is 12.1. The molecule has 0 heterocycles. The Morgan fingerprint density at radius 1 is 1.27 bits per heavy atom. The summed E-state index contributed by atoms with van der Waals surface area (Å²) < 4.78 is 24.2. The summed E-state index contributed by atoms with van der Waals surface area (Å²) >= 11 is 0. The molecule has 0 spiro atoms. The average Bonchev–Trinajstić information content (AvgIpc) is 2.27. The normalized spacial score (nSPS) is 12.9. The largest absolute Gasteiger partial charge is 0.300 e. The van der Waals surface area contributed by atoms with Crippen LogP contribution in [0.25, 0.3) is 0 Å². The Kier molecular flexibility index (Phi) is 3.95. The lowest BCUT2D eigenvalue weighted by Gasteiger charge is -2.09. The molecule has 0 aromatic heterocycles. The number of halogens is 2. The maximum Gasteiger partial charge on any atom is 0.300 e. The first kappa shape index (κ1) is 11.8. The van der Waals surface area contributed by atoms with Gasteiger partial charge < -0.3 is 0 Å². The van der Waals surface area contributed by atoms with Crippen LogP contribution in [0.15, 0.2) is 24.3 Å². The molecule has 0 bridgehead atoms. The minimum Gasteiger partial charge on any atom is -0.288 e. The fourth-order valence-electron chi connectivity index (χ4n) is 1.34. The molecule has 1 rings (SSSR count). The monoisotopic (exact) mass is 212 g/mol. The molecule has 1 aromatic carbocycles. The van der Waals surface area contributed by atoms with E-state index in [9.17, 15) is 13.6 Å². The highest BCUT2D eigenvalue weighted by molar-refractivity contribution is 5.98. The third-order valence-electron chi connectivity index (χ3n) is 2.57. The van der Waals surface area contributed by atoms with E-state index in [1.165, 1.54) is 12.1 Å². The lowest BCUT2D eigenvalue weighted by molar-refractivity contribution is 0.0678. The summed E-state index contributed by atoms with van der Waals surface area (Å²) in [4.78, 5) is 10.9. The first-order valence-corrected chi connectivity index (χ1v) is 4.98. The highest BCUT2D eigenvalue weighted by Crippen LogP contribution is 2.19. The van der Waals surface area contributed by atoms with Crippen molar-refractivity contribution >= 4 is 5.78 Å². The van der Waals surface area contributed by atoms with Crippen molar-refractivity contribution in [2.24, 2.45) is 0 Å². The Morgan fingerprint density at radius 2 is 1.80 bits per heavy atom. The molecule has 0 N–H and O–H groups in total. The minimum atomic E-state index is -2.92. The molecule has 0 fully saturated rings. The van der Waals surface area contributed by atoms with Crippen LogP contribution < -0.4 is 0 Å². The lowest BCUT2D eigenvalue weighted by atomic mass is 9.97. The van der Waals surface area contributed by atoms with Crippen molar-refractivity contribution in [3.05, 3.63) is 35.4 Å². The van der Waals surface area contributed by atoms with Crippen molar-refractivity contribution in [1.82, 2.24) is 0 Å². The first-order chi connectivity index (χ1) is 7.06. The van der Waals surface area contributed by atoms with Crippen molar-refractivity contribution in [3.8, 4) is 0 Å². The van der Waals surface area contributed by atoms with E-state index in [1.807, 2.05) is 0 Å². The van der Waals surface area contributed by atoms with Gasteiger partial charge in [-0.05, 0) is 17.9 Å². The van der Waals surface area contributed by atoms with Gasteiger partial charge in [0.2, 0.25) is 5.78 Å². The molecule has 0 aliphatic rings. The van der Waals surface area contributed by atoms with E-state index in [2.05, 4.69) is 13.8 Å². The van der Waals surface area contributed by atoms with Crippen LogP contribution >= 0.6 is 0 Å². The second kappa shape index (κ2) is 5.01. The second-order valence-electron chi connectivity index (χ2n) is 3.60. The topological polar surface area (TPSA) is 17.1 Å². The molecule has 0 unspecified atom stereocenters. The molecule has 1 aromatic rings. The molecule has 15 heavy (non-hydrogen) atoms. The predicted molar refractivity (Wildman–Crippen MR) is 55.5 cm³/mol. The van der Waals surface area contributed by atoms with Crippen LogP contribution in [0.3, 0.4) is 0 Å². The molecule has 0 aliphatic heterocycles. The van der Waals surface area contributed by atoms with Gasteiger partial charge in [0.1, 0.15) is 0 Å². The number of ketones is 1. The molecule has 82 valence electrons. The van der Waals surface area contributed by atoms with Crippen LogP contribution in [-0.4, -0.2) is 12.2 Å². The van der Waals surface area contributed by atoms with Gasteiger partial charge in [-0.15, -0.1) is 0 Å². The maximum atomic E-state index is 12.1. The van der Waals surface area contributed by atoms with E-state index in [0.29, 0.717) is 5.92 Å². The van der Waals surface area contributed by atoms with Crippen LogP contribution in [0, 0.1) is 0 Å². The SMILES string of the molecule is CC[C@@H](C)c1ccc(C(=O)C(F)F)cc1. The lowest BCUT2D eigenvalue weighted by Crippen LogP contribution is -2.10. The molecular formula is C12H14F2O. The Balaban J connectivity index is 2.85. The minimum absolute atomic E-state index is 0.0806. The third-order valence-corrected chi connectivity index (χ3v) is 2.57. The van der Waals surface area contributed by atoms with E-state index in [-0.39, 0.29) is 5.56 Å². The molecule has 0 amide bonds. The van der Waals surface area contributed by atoms with E-state index in [4.69, 9.17) is 0 Å². The Hall–Kier alpha value is -1.25. The molecular weight excluding hydrogens is 198 g/mol. The van der Waals surface area contributed by atoms with Crippen molar-refractivity contribution < 1.29 is 13.6 Å². The summed E-state index contributed by atoms with van der Waals surface area (Å²) in [7, 11) is 0. The van der Waals surface area contributed by atoms with Gasteiger partial charge in [-0.3, -0.25) is 4.79 Å². The number of benzene rings is 1. The van der Waals surface area contributed by atoms with Gasteiger partial charge in [0, 0.05) is 5.56 Å². The molecule has 0 saturated carbocycles. The summed E-state index contributed by atoms with van der Waals surface area (Å²) in [5.41, 5.74) is 1.15. The average molecular weight is 212 g/mol. The van der Waals surface area contributed by atoms with E-state index >= 15 is 0 Å². The van der Waals surface area contributed by atoms with Crippen molar-refractivity contribution in [3.63, 3.8) is 0 Å². The quantitative estimate of drug-likeness (QED) is 0.696. The van der Waals surface area contributed by atoms with Gasteiger partial charge in [0.05, 0.1) is 0 Å². The van der Waals surface area contributed by atoms with Crippen LogP contribution in [-0.2, 0) is 0 Å². The number of hydrogen-bond acceptors (Lipinski definition) is 1. The number of Topliss-reactive ketones (excluding diaryl/α,β-unsaturated/α-hetero) is 1. The fourth-order valence-corrected chi connectivity index (χ4v) is 1.34. The van der Waals surface area contributed by atoms with E-state index < -0.39 is 12.2 Å². The van der Waals surface area contributed by atoms with Gasteiger partial charge in [0.25, 0.3) is 0 Å². The predicted octanol–water partition coefficient (Wildman–Crippen LogP) is 3.65. The third kappa shape index (κ3) is 2.85. The van der Waals surface area contributed by atoms with Crippen LogP contribution in [0.1, 0.15) is 42.1 Å². The fraction of sp³-hybridized carbons (Fsp3) is 0.417. The summed E-state index contributed by atoms with van der Waals surface area (Å²) in [5, 5.41) is 0. The smallest absolute Gasteiger partial charge is 0.288 e. The van der Waals surface area contributed by atoms with Gasteiger partial charge in [-0.2, -0.15) is 0 Å². The van der Waals surface area contributed by atoms with E-state index in [0.717, 1.165) is 12.0 Å². The second-order valence-corrected chi connectivity index (χ2v) is 3.60. The van der Waals surface area contributed by atoms with Crippen molar-refractivity contribution in [2.45, 2.75) is 32.6 Å². The number of alkyl halides is 2. The van der Waals surface area contributed by atoms with Crippen molar-refractivity contribution in [1.29, 1.82) is 0 Å². The standard InChI is InChI=1S/C12H14F2O/c1-3-8(2)9-4-6-10(7-5-9)11(15)12(13)14/h4-8,12H,3H2,1-2H3/t8-/m1/s1. The number of hydrogen-bond donors (Lipinski definition) is 0. The Bertz CT molecular complexity index is 330. The first-order valence-electron chi connectivity index (χ1n) is 4.98.